The fourth-order valence-corrected chi connectivity index (χ4v) is 4.68. The third-order valence-corrected chi connectivity index (χ3v) is 6.76. The quantitative estimate of drug-likeness (QED) is 0.381. The van der Waals surface area contributed by atoms with Crippen LogP contribution in [0.5, 0.6) is 11.5 Å². The second-order valence-electron chi connectivity index (χ2n) is 11.4. The van der Waals surface area contributed by atoms with Gasteiger partial charge in [0.25, 0.3) is 5.91 Å². The number of ether oxygens (including phenoxy) is 1. The molecule has 3 amide bonds. The van der Waals surface area contributed by atoms with Crippen molar-refractivity contribution >= 4 is 40.3 Å². The number of nitrogens with zero attached hydrogens (tertiary/aromatic N) is 2. The number of amides is 3. The van der Waals surface area contributed by atoms with Gasteiger partial charge in [0.2, 0.25) is 11.8 Å². The van der Waals surface area contributed by atoms with Crippen LogP contribution < -0.4 is 15.5 Å². The lowest BCUT2D eigenvalue weighted by Gasteiger charge is -2.37. The standard InChI is InChI=1S/C30H31F3N4O6/c1-29(2,3)16-25(38)37-15-13-20(22(17-37)27(40)36-43-28(41)30(31,32)33)26(39)35-18-8-10-19(11-9-18)42-24-12-14-34-23-7-5-4-6-21(23)24/h4-12,14,20,22H,13,15-17H2,1-3H3,(H,35,39)(H,36,40)/t20?,22-/m0/s1. The largest absolute Gasteiger partial charge is 0.493 e. The van der Waals surface area contributed by atoms with Gasteiger partial charge >= 0.3 is 12.1 Å². The molecule has 228 valence electrons. The average molecular weight is 601 g/mol. The number of aromatic nitrogens is 1. The molecule has 43 heavy (non-hydrogen) atoms. The van der Waals surface area contributed by atoms with Gasteiger partial charge in [0, 0.05) is 36.8 Å². The van der Waals surface area contributed by atoms with E-state index in [-0.39, 0.29) is 37.3 Å². The van der Waals surface area contributed by atoms with Gasteiger partial charge in [0.15, 0.2) is 0 Å². The molecule has 1 aliphatic rings. The first-order chi connectivity index (χ1) is 20.2. The van der Waals surface area contributed by atoms with Crippen molar-refractivity contribution in [2.45, 2.75) is 39.8 Å². The van der Waals surface area contributed by atoms with Crippen LogP contribution in [0.25, 0.3) is 10.9 Å². The molecule has 2 atom stereocenters. The van der Waals surface area contributed by atoms with Gasteiger partial charge in [-0.05, 0) is 54.3 Å². The van der Waals surface area contributed by atoms with Crippen LogP contribution in [0.1, 0.15) is 33.6 Å². The molecule has 1 unspecified atom stereocenters. The first-order valence-corrected chi connectivity index (χ1v) is 13.5. The molecule has 0 saturated carbocycles. The molecule has 13 heteroatoms. The Labute approximate surface area is 245 Å². The molecule has 0 bridgehead atoms. The fraction of sp³-hybridized carbons (Fsp3) is 0.367. The summed E-state index contributed by atoms with van der Waals surface area (Å²) in [6.45, 7) is 5.51. The van der Waals surface area contributed by atoms with Crippen LogP contribution in [0.15, 0.2) is 60.8 Å². The highest BCUT2D eigenvalue weighted by atomic mass is 19.4. The zero-order valence-corrected chi connectivity index (χ0v) is 23.7. The van der Waals surface area contributed by atoms with E-state index in [1.54, 1.807) is 36.5 Å². The van der Waals surface area contributed by atoms with E-state index in [0.29, 0.717) is 17.2 Å². The Morgan fingerprint density at radius 3 is 2.33 bits per heavy atom. The number of fused-ring (bicyclic) bond motifs is 1. The Kier molecular flexibility index (Phi) is 9.22. The van der Waals surface area contributed by atoms with E-state index in [9.17, 15) is 32.3 Å². The number of benzene rings is 2. The molecule has 1 saturated heterocycles. The summed E-state index contributed by atoms with van der Waals surface area (Å²) in [5.74, 6) is -5.81. The number of alkyl halides is 3. The lowest BCUT2D eigenvalue weighted by atomic mass is 9.83. The lowest BCUT2D eigenvalue weighted by Crippen LogP contribution is -2.53. The monoisotopic (exact) mass is 600 g/mol. The number of carbonyl (C=O) groups is 4. The van der Waals surface area contributed by atoms with E-state index >= 15 is 0 Å². The van der Waals surface area contributed by atoms with Gasteiger partial charge in [-0.25, -0.2) is 4.79 Å². The highest BCUT2D eigenvalue weighted by Crippen LogP contribution is 2.31. The van der Waals surface area contributed by atoms with Gasteiger partial charge in [-0.15, -0.1) is 0 Å². The summed E-state index contributed by atoms with van der Waals surface area (Å²) in [4.78, 5) is 59.7. The van der Waals surface area contributed by atoms with Crippen molar-refractivity contribution in [3.8, 4) is 11.5 Å². The summed E-state index contributed by atoms with van der Waals surface area (Å²) in [7, 11) is 0. The smallest absolute Gasteiger partial charge is 0.457 e. The minimum absolute atomic E-state index is 0.0589. The number of rotatable bonds is 6. The topological polar surface area (TPSA) is 127 Å². The second-order valence-corrected chi connectivity index (χ2v) is 11.4. The van der Waals surface area contributed by atoms with Crippen LogP contribution in [-0.4, -0.2) is 52.8 Å². The van der Waals surface area contributed by atoms with Crippen molar-refractivity contribution < 1.29 is 41.9 Å². The van der Waals surface area contributed by atoms with Crippen LogP contribution in [0, 0.1) is 17.3 Å². The zero-order valence-electron chi connectivity index (χ0n) is 23.7. The van der Waals surface area contributed by atoms with Crippen molar-refractivity contribution in [3.05, 3.63) is 60.8 Å². The number of anilines is 1. The highest BCUT2D eigenvalue weighted by Gasteiger charge is 2.44. The summed E-state index contributed by atoms with van der Waals surface area (Å²) < 4.78 is 43.7. The minimum Gasteiger partial charge on any atom is -0.457 e. The van der Waals surface area contributed by atoms with E-state index in [1.165, 1.54) is 10.4 Å². The Bertz CT molecular complexity index is 1500. The van der Waals surface area contributed by atoms with Crippen molar-refractivity contribution in [1.82, 2.24) is 15.4 Å². The average Bonchev–Trinajstić information content (AvgIpc) is 2.95. The van der Waals surface area contributed by atoms with Crippen LogP contribution in [0.3, 0.4) is 0 Å². The molecule has 0 radical (unpaired) electrons. The number of carbonyl (C=O) groups excluding carboxylic acids is 4. The number of likely N-dealkylation sites (tertiary alicyclic amines) is 1. The number of hydrogen-bond acceptors (Lipinski definition) is 7. The number of halogens is 3. The Balaban J connectivity index is 1.45. The maximum atomic E-state index is 13.3. The van der Waals surface area contributed by atoms with Crippen molar-refractivity contribution in [2.24, 2.45) is 17.3 Å². The van der Waals surface area contributed by atoms with Crippen molar-refractivity contribution in [1.29, 1.82) is 0 Å². The summed E-state index contributed by atoms with van der Waals surface area (Å²) in [6, 6.07) is 15.7. The predicted octanol–water partition coefficient (Wildman–Crippen LogP) is 5.00. The molecular formula is C30H31F3N4O6. The van der Waals surface area contributed by atoms with E-state index in [0.717, 1.165) is 10.9 Å². The van der Waals surface area contributed by atoms with Gasteiger partial charge in [-0.3, -0.25) is 19.4 Å². The van der Waals surface area contributed by atoms with Crippen LogP contribution >= 0.6 is 0 Å². The highest BCUT2D eigenvalue weighted by molar-refractivity contribution is 5.97. The van der Waals surface area contributed by atoms with Crippen LogP contribution in [-0.2, 0) is 24.0 Å². The van der Waals surface area contributed by atoms with E-state index < -0.39 is 35.8 Å². The number of para-hydroxylation sites is 1. The molecule has 2 heterocycles. The maximum absolute atomic E-state index is 13.3. The molecule has 3 aromatic rings. The molecular weight excluding hydrogens is 569 g/mol. The maximum Gasteiger partial charge on any atom is 0.493 e. The molecule has 0 spiro atoms. The summed E-state index contributed by atoms with van der Waals surface area (Å²) in [5.41, 5.74) is 2.30. The van der Waals surface area contributed by atoms with Crippen molar-refractivity contribution in [2.75, 3.05) is 18.4 Å². The van der Waals surface area contributed by atoms with Gasteiger partial charge < -0.3 is 19.8 Å². The third kappa shape index (κ3) is 8.21. The Hall–Kier alpha value is -4.68. The number of piperidine rings is 1. The first kappa shape index (κ1) is 31.3. The van der Waals surface area contributed by atoms with Gasteiger partial charge in [0.05, 0.1) is 17.4 Å². The molecule has 4 rings (SSSR count). The summed E-state index contributed by atoms with van der Waals surface area (Å²) in [5, 5.41) is 3.53. The molecule has 10 nitrogen and oxygen atoms in total. The zero-order chi connectivity index (χ0) is 31.4. The van der Waals surface area contributed by atoms with Gasteiger partial charge in [-0.1, -0.05) is 32.9 Å². The Morgan fingerprint density at radius 2 is 1.65 bits per heavy atom. The molecule has 2 aromatic carbocycles. The van der Waals surface area contributed by atoms with E-state index in [1.807, 2.05) is 45.0 Å². The SMILES string of the molecule is CC(C)(C)CC(=O)N1CCC(C(=O)Nc2ccc(Oc3ccnc4ccccc34)cc2)[C@@H](C(=O)NOC(=O)C(F)(F)F)C1. The van der Waals surface area contributed by atoms with Crippen molar-refractivity contribution in [3.63, 3.8) is 0 Å². The third-order valence-electron chi connectivity index (χ3n) is 6.76. The van der Waals surface area contributed by atoms with Crippen LogP contribution in [0.4, 0.5) is 18.9 Å². The normalized spacial score (nSPS) is 17.2. The fourth-order valence-electron chi connectivity index (χ4n) is 4.68. The molecule has 1 aromatic heterocycles. The number of hydrogen-bond donors (Lipinski definition) is 2. The number of pyridine rings is 1. The number of nitrogens with one attached hydrogen (secondary N) is 2. The molecule has 1 aliphatic heterocycles. The molecule has 2 N–H and O–H groups in total. The van der Waals surface area contributed by atoms with E-state index in [2.05, 4.69) is 15.1 Å². The number of hydroxylamine groups is 1. The van der Waals surface area contributed by atoms with Crippen LogP contribution in [0.2, 0.25) is 0 Å². The summed E-state index contributed by atoms with van der Waals surface area (Å²) >= 11 is 0. The second kappa shape index (κ2) is 12.7. The lowest BCUT2D eigenvalue weighted by molar-refractivity contribution is -0.208. The Morgan fingerprint density at radius 1 is 0.953 bits per heavy atom. The molecule has 1 fully saturated rings. The molecule has 0 aliphatic carbocycles. The first-order valence-electron chi connectivity index (χ1n) is 13.5. The predicted molar refractivity (Wildman–Crippen MR) is 149 cm³/mol. The van der Waals surface area contributed by atoms with Gasteiger partial charge in [0.1, 0.15) is 11.5 Å². The minimum atomic E-state index is -5.33. The summed E-state index contributed by atoms with van der Waals surface area (Å²) in [6.07, 6.45) is -3.48. The van der Waals surface area contributed by atoms with E-state index in [4.69, 9.17) is 4.74 Å². The van der Waals surface area contributed by atoms with Gasteiger partial charge in [-0.2, -0.15) is 18.7 Å².